The fourth-order valence-corrected chi connectivity index (χ4v) is 3.57. The summed E-state index contributed by atoms with van der Waals surface area (Å²) in [7, 11) is 1.87. The maximum absolute atomic E-state index is 13.4. The van der Waals surface area contributed by atoms with E-state index in [9.17, 15) is 4.79 Å². The lowest BCUT2D eigenvalue weighted by Crippen LogP contribution is -2.32. The molecule has 5 nitrogen and oxygen atoms in total. The molecule has 0 bridgehead atoms. The molecule has 0 saturated heterocycles. The van der Waals surface area contributed by atoms with Crippen LogP contribution in [-0.2, 0) is 20.0 Å². The van der Waals surface area contributed by atoms with Gasteiger partial charge >= 0.3 is 0 Å². The summed E-state index contributed by atoms with van der Waals surface area (Å²) >= 11 is 0. The van der Waals surface area contributed by atoms with Crippen molar-refractivity contribution in [2.75, 3.05) is 6.54 Å². The molecule has 2 aromatic heterocycles. The summed E-state index contributed by atoms with van der Waals surface area (Å²) in [5.41, 5.74) is 4.59. The van der Waals surface area contributed by atoms with Gasteiger partial charge in [0.05, 0.1) is 11.3 Å². The highest BCUT2D eigenvalue weighted by molar-refractivity contribution is 5.97. The van der Waals surface area contributed by atoms with Crippen LogP contribution < -0.4 is 0 Å². The second kappa shape index (κ2) is 8.27. The van der Waals surface area contributed by atoms with Gasteiger partial charge in [-0.15, -0.1) is 0 Å². The molecule has 29 heavy (non-hydrogen) atoms. The molecule has 2 heterocycles. The molecule has 2 aromatic carbocycles. The van der Waals surface area contributed by atoms with Crippen molar-refractivity contribution in [3.05, 3.63) is 95.3 Å². The van der Waals surface area contributed by atoms with Crippen LogP contribution in [0.5, 0.6) is 0 Å². The monoisotopic (exact) mass is 384 g/mol. The maximum Gasteiger partial charge on any atom is 0.255 e. The summed E-state index contributed by atoms with van der Waals surface area (Å²) in [5, 5.41) is 5.33. The summed E-state index contributed by atoms with van der Waals surface area (Å²) in [6.45, 7) is 3.15. The number of carbonyl (C=O) groups excluding carboxylic acids is 1. The molecule has 1 amide bonds. The number of nitrogens with zero attached hydrogens (tertiary/aromatic N) is 4. The van der Waals surface area contributed by atoms with Gasteiger partial charge in [-0.3, -0.25) is 9.48 Å². The van der Waals surface area contributed by atoms with Gasteiger partial charge in [0.15, 0.2) is 5.65 Å². The standard InChI is InChI=1S/C24H24N4O/c1-18-22-15-21(16-25-23(22)27(2)26-18)24(29)28(17-20-11-7-4-8-12-20)14-13-19-9-5-3-6-10-19/h3-12,15-16H,13-14,17H2,1-2H3. The minimum absolute atomic E-state index is 0.0116. The third-order valence-electron chi connectivity index (χ3n) is 5.13. The second-order valence-corrected chi connectivity index (χ2v) is 7.25. The summed E-state index contributed by atoms with van der Waals surface area (Å²) in [4.78, 5) is 19.8. The molecule has 0 aliphatic carbocycles. The third kappa shape index (κ3) is 4.19. The Morgan fingerprint density at radius 3 is 2.34 bits per heavy atom. The highest BCUT2D eigenvalue weighted by Gasteiger charge is 2.18. The molecule has 0 saturated carbocycles. The SMILES string of the molecule is Cc1nn(C)c2ncc(C(=O)N(CCc3ccccc3)Cc3ccccc3)cc12. The van der Waals surface area contributed by atoms with Crippen molar-refractivity contribution in [1.82, 2.24) is 19.7 Å². The van der Waals surface area contributed by atoms with Crippen LogP contribution in [0.1, 0.15) is 27.2 Å². The van der Waals surface area contributed by atoms with E-state index in [-0.39, 0.29) is 5.91 Å². The van der Waals surface area contributed by atoms with Gasteiger partial charge in [-0.05, 0) is 30.5 Å². The lowest BCUT2D eigenvalue weighted by Gasteiger charge is -2.23. The fourth-order valence-electron chi connectivity index (χ4n) is 3.57. The summed E-state index contributed by atoms with van der Waals surface area (Å²) in [6.07, 6.45) is 2.47. The van der Waals surface area contributed by atoms with Gasteiger partial charge in [-0.25, -0.2) is 4.98 Å². The van der Waals surface area contributed by atoms with E-state index in [1.54, 1.807) is 10.9 Å². The molecule has 146 valence electrons. The van der Waals surface area contributed by atoms with Gasteiger partial charge in [0.25, 0.3) is 5.91 Å². The average Bonchev–Trinajstić information content (AvgIpc) is 3.05. The van der Waals surface area contributed by atoms with E-state index in [0.717, 1.165) is 28.7 Å². The van der Waals surface area contributed by atoms with Crippen LogP contribution in [0.3, 0.4) is 0 Å². The van der Waals surface area contributed by atoms with Gasteiger partial charge in [0.2, 0.25) is 0 Å². The highest BCUT2D eigenvalue weighted by Crippen LogP contribution is 2.19. The molecule has 0 spiro atoms. The van der Waals surface area contributed by atoms with Crippen molar-refractivity contribution < 1.29 is 4.79 Å². The zero-order chi connectivity index (χ0) is 20.2. The predicted molar refractivity (Wildman–Crippen MR) is 115 cm³/mol. The van der Waals surface area contributed by atoms with Gasteiger partial charge in [-0.2, -0.15) is 5.10 Å². The van der Waals surface area contributed by atoms with Crippen molar-refractivity contribution >= 4 is 16.9 Å². The molecule has 0 atom stereocenters. The quantitative estimate of drug-likeness (QED) is 0.501. The number of fused-ring (bicyclic) bond motifs is 1. The van der Waals surface area contributed by atoms with E-state index in [1.165, 1.54) is 5.56 Å². The zero-order valence-electron chi connectivity index (χ0n) is 16.7. The van der Waals surface area contributed by atoms with Gasteiger partial charge < -0.3 is 4.90 Å². The molecule has 4 rings (SSSR count). The van der Waals surface area contributed by atoms with Crippen molar-refractivity contribution in [1.29, 1.82) is 0 Å². The number of carbonyl (C=O) groups is 1. The van der Waals surface area contributed by atoms with Crippen LogP contribution in [0, 0.1) is 6.92 Å². The first-order valence-corrected chi connectivity index (χ1v) is 9.78. The largest absolute Gasteiger partial charge is 0.334 e. The van der Waals surface area contributed by atoms with Crippen LogP contribution in [0.2, 0.25) is 0 Å². The summed E-state index contributed by atoms with van der Waals surface area (Å²) in [5.74, 6) is -0.0116. The van der Waals surface area contributed by atoms with Crippen molar-refractivity contribution in [2.45, 2.75) is 19.9 Å². The Kier molecular flexibility index (Phi) is 5.38. The van der Waals surface area contributed by atoms with Crippen LogP contribution >= 0.6 is 0 Å². The molecule has 0 fully saturated rings. The lowest BCUT2D eigenvalue weighted by atomic mass is 10.1. The maximum atomic E-state index is 13.4. The molecule has 0 aliphatic rings. The molecule has 0 aliphatic heterocycles. The first-order chi connectivity index (χ1) is 14.1. The molecule has 5 heteroatoms. The van der Waals surface area contributed by atoms with Crippen LogP contribution in [-0.4, -0.2) is 32.1 Å². The Balaban J connectivity index is 1.62. The average molecular weight is 384 g/mol. The van der Waals surface area contributed by atoms with E-state index in [1.807, 2.05) is 61.3 Å². The number of benzene rings is 2. The van der Waals surface area contributed by atoms with Crippen LogP contribution in [0.25, 0.3) is 11.0 Å². The van der Waals surface area contributed by atoms with E-state index >= 15 is 0 Å². The smallest absolute Gasteiger partial charge is 0.255 e. The Morgan fingerprint density at radius 2 is 1.66 bits per heavy atom. The first-order valence-electron chi connectivity index (χ1n) is 9.78. The van der Waals surface area contributed by atoms with Crippen LogP contribution in [0.4, 0.5) is 0 Å². The van der Waals surface area contributed by atoms with Crippen LogP contribution in [0.15, 0.2) is 72.9 Å². The number of rotatable bonds is 6. The topological polar surface area (TPSA) is 51.0 Å². The van der Waals surface area contributed by atoms with E-state index < -0.39 is 0 Å². The van der Waals surface area contributed by atoms with Gasteiger partial charge in [0, 0.05) is 31.7 Å². The molecule has 0 N–H and O–H groups in total. The fraction of sp³-hybridized carbons (Fsp3) is 0.208. The van der Waals surface area contributed by atoms with Gasteiger partial charge in [0.1, 0.15) is 0 Å². The minimum atomic E-state index is -0.0116. The van der Waals surface area contributed by atoms with Gasteiger partial charge in [-0.1, -0.05) is 60.7 Å². The van der Waals surface area contributed by atoms with Crippen molar-refractivity contribution in [3.63, 3.8) is 0 Å². The number of hydrogen-bond donors (Lipinski definition) is 0. The Labute approximate surface area is 170 Å². The number of aromatic nitrogens is 3. The normalized spacial score (nSPS) is 11.0. The highest BCUT2D eigenvalue weighted by atomic mass is 16.2. The van der Waals surface area contributed by atoms with Crippen molar-refractivity contribution in [2.24, 2.45) is 7.05 Å². The number of pyridine rings is 1. The molecule has 0 unspecified atom stereocenters. The number of amides is 1. The summed E-state index contributed by atoms with van der Waals surface area (Å²) < 4.78 is 1.75. The third-order valence-corrected chi connectivity index (χ3v) is 5.13. The summed E-state index contributed by atoms with van der Waals surface area (Å²) in [6, 6.07) is 22.3. The van der Waals surface area contributed by atoms with E-state index in [2.05, 4.69) is 34.3 Å². The Bertz CT molecular complexity index is 1120. The molecular formula is C24H24N4O. The zero-order valence-corrected chi connectivity index (χ0v) is 16.7. The molecule has 4 aromatic rings. The number of hydrogen-bond acceptors (Lipinski definition) is 3. The van der Waals surface area contributed by atoms with E-state index in [4.69, 9.17) is 0 Å². The van der Waals surface area contributed by atoms with E-state index in [0.29, 0.717) is 18.7 Å². The first kappa shape index (κ1) is 18.9. The Morgan fingerprint density at radius 1 is 1.00 bits per heavy atom. The Hall–Kier alpha value is -3.47. The lowest BCUT2D eigenvalue weighted by molar-refractivity contribution is 0.0745. The molecule has 0 radical (unpaired) electrons. The molecular weight excluding hydrogens is 360 g/mol. The minimum Gasteiger partial charge on any atom is -0.334 e. The second-order valence-electron chi connectivity index (χ2n) is 7.25. The predicted octanol–water partition coefficient (Wildman–Crippen LogP) is 4.16. The van der Waals surface area contributed by atoms with Crippen molar-refractivity contribution in [3.8, 4) is 0 Å². The number of aryl methyl sites for hydroxylation is 2.